The maximum atomic E-state index is 12.0. The van der Waals surface area contributed by atoms with E-state index in [-0.39, 0.29) is 0 Å². The highest BCUT2D eigenvalue weighted by atomic mass is 16.6. The largest absolute Gasteiger partial charge is 0.480 e. The molecule has 0 spiro atoms. The number of rotatable bonds is 3. The van der Waals surface area contributed by atoms with E-state index in [1.165, 1.54) is 0 Å². The lowest BCUT2D eigenvalue weighted by Gasteiger charge is -2.39. The summed E-state index contributed by atoms with van der Waals surface area (Å²) in [6.07, 6.45) is -0.753. The Morgan fingerprint density at radius 2 is 1.61 bits per heavy atom. The topological polar surface area (TPSA) is 87.1 Å². The first-order valence-electron chi connectivity index (χ1n) is 5.76. The quantitative estimate of drug-likeness (QED) is 0.803. The van der Waals surface area contributed by atoms with Gasteiger partial charge in [0.25, 0.3) is 0 Å². The summed E-state index contributed by atoms with van der Waals surface area (Å²) >= 11 is 0. The number of amides is 1. The molecule has 18 heavy (non-hydrogen) atoms. The molecular weight excluding hydrogens is 238 g/mol. The van der Waals surface area contributed by atoms with Crippen LogP contribution in [0.3, 0.4) is 0 Å². The Kier molecular flexibility index (Phi) is 5.16. The smallest absolute Gasteiger partial charge is 0.411 e. The summed E-state index contributed by atoms with van der Waals surface area (Å²) in [5.41, 5.74) is -1.49. The number of carboxylic acid groups (broad SMARTS) is 1. The van der Waals surface area contributed by atoms with Crippen LogP contribution in [0.4, 0.5) is 4.79 Å². The Morgan fingerprint density at radius 1 is 1.17 bits per heavy atom. The monoisotopic (exact) mass is 261 g/mol. The lowest BCUT2D eigenvalue weighted by molar-refractivity contribution is -0.147. The van der Waals surface area contributed by atoms with Gasteiger partial charge in [-0.3, -0.25) is 4.90 Å². The Balaban J connectivity index is 5.25. The summed E-state index contributed by atoms with van der Waals surface area (Å²) in [7, 11) is 0. The van der Waals surface area contributed by atoms with Crippen LogP contribution in [0, 0.1) is 0 Å². The molecule has 1 atom stereocenters. The van der Waals surface area contributed by atoms with Crippen LogP contribution in [0.2, 0.25) is 0 Å². The number of hydrogen-bond acceptors (Lipinski definition) is 4. The predicted molar refractivity (Wildman–Crippen MR) is 66.3 cm³/mol. The summed E-state index contributed by atoms with van der Waals surface area (Å²) < 4.78 is 5.17. The number of nitrogens with zero attached hydrogens (tertiary/aromatic N) is 1. The molecule has 0 unspecified atom stereocenters. The second-order valence-corrected chi connectivity index (χ2v) is 6.06. The van der Waals surface area contributed by atoms with Crippen molar-refractivity contribution < 1.29 is 24.5 Å². The van der Waals surface area contributed by atoms with Crippen LogP contribution in [0.5, 0.6) is 0 Å². The van der Waals surface area contributed by atoms with Crippen molar-refractivity contribution in [1.29, 1.82) is 0 Å². The Hall–Kier alpha value is -1.30. The molecule has 0 saturated carbocycles. The molecule has 0 aromatic rings. The number of hydrogen-bond donors (Lipinski definition) is 2. The molecule has 0 rings (SSSR count). The Bertz CT molecular complexity index is 313. The zero-order chi connectivity index (χ0) is 14.7. The van der Waals surface area contributed by atoms with Gasteiger partial charge in [0.15, 0.2) is 6.04 Å². The second-order valence-electron chi connectivity index (χ2n) is 6.06. The van der Waals surface area contributed by atoms with Crippen molar-refractivity contribution in [1.82, 2.24) is 4.90 Å². The van der Waals surface area contributed by atoms with E-state index in [0.29, 0.717) is 0 Å². The van der Waals surface area contributed by atoms with Gasteiger partial charge in [-0.2, -0.15) is 0 Å². The molecule has 0 bridgehead atoms. The van der Waals surface area contributed by atoms with Gasteiger partial charge in [0.05, 0.1) is 6.61 Å². The van der Waals surface area contributed by atoms with Crippen molar-refractivity contribution in [2.24, 2.45) is 0 Å². The van der Waals surface area contributed by atoms with Crippen LogP contribution < -0.4 is 0 Å². The summed E-state index contributed by atoms with van der Waals surface area (Å²) in [6.45, 7) is 9.47. The minimum Gasteiger partial charge on any atom is -0.480 e. The number of aliphatic hydroxyl groups excluding tert-OH is 1. The van der Waals surface area contributed by atoms with Gasteiger partial charge in [-0.05, 0) is 41.5 Å². The van der Waals surface area contributed by atoms with Crippen molar-refractivity contribution in [2.45, 2.75) is 58.7 Å². The highest BCUT2D eigenvalue weighted by Gasteiger charge is 2.39. The van der Waals surface area contributed by atoms with E-state index < -0.39 is 35.9 Å². The third-order valence-corrected chi connectivity index (χ3v) is 2.08. The van der Waals surface area contributed by atoms with Crippen LogP contribution >= 0.6 is 0 Å². The van der Waals surface area contributed by atoms with Gasteiger partial charge in [-0.15, -0.1) is 0 Å². The number of aliphatic hydroxyl groups is 1. The van der Waals surface area contributed by atoms with Gasteiger partial charge in [-0.25, -0.2) is 9.59 Å². The molecule has 6 nitrogen and oxygen atoms in total. The Morgan fingerprint density at radius 3 is 1.83 bits per heavy atom. The molecule has 0 fully saturated rings. The van der Waals surface area contributed by atoms with E-state index in [9.17, 15) is 9.59 Å². The molecule has 0 aliphatic heterocycles. The maximum Gasteiger partial charge on any atom is 0.411 e. The minimum atomic E-state index is -1.32. The molecule has 0 heterocycles. The van der Waals surface area contributed by atoms with Gasteiger partial charge >= 0.3 is 12.1 Å². The first-order valence-corrected chi connectivity index (χ1v) is 5.76. The molecule has 6 heteroatoms. The Labute approximate surface area is 108 Å². The van der Waals surface area contributed by atoms with Crippen molar-refractivity contribution in [3.05, 3.63) is 0 Å². The molecule has 0 aliphatic rings. The molecule has 0 aliphatic carbocycles. The molecule has 1 amide bonds. The van der Waals surface area contributed by atoms with E-state index in [4.69, 9.17) is 14.9 Å². The predicted octanol–water partition coefficient (Wildman–Crippen LogP) is 1.47. The van der Waals surface area contributed by atoms with Gasteiger partial charge in [-0.1, -0.05) is 0 Å². The van der Waals surface area contributed by atoms with E-state index in [1.54, 1.807) is 41.5 Å². The lowest BCUT2D eigenvalue weighted by Crippen LogP contribution is -2.57. The molecule has 0 aromatic carbocycles. The van der Waals surface area contributed by atoms with E-state index in [2.05, 4.69) is 0 Å². The zero-order valence-corrected chi connectivity index (χ0v) is 11.9. The average Bonchev–Trinajstić information content (AvgIpc) is 2.07. The van der Waals surface area contributed by atoms with E-state index in [1.807, 2.05) is 0 Å². The summed E-state index contributed by atoms with van der Waals surface area (Å²) in [5.74, 6) is -1.27. The molecule has 106 valence electrons. The van der Waals surface area contributed by atoms with Crippen LogP contribution in [-0.2, 0) is 9.53 Å². The summed E-state index contributed by atoms with van der Waals surface area (Å²) in [6, 6.07) is -1.32. The third-order valence-electron chi connectivity index (χ3n) is 2.08. The van der Waals surface area contributed by atoms with Crippen molar-refractivity contribution in [3.8, 4) is 0 Å². The number of carbonyl (C=O) groups excluding carboxylic acids is 1. The third kappa shape index (κ3) is 4.91. The van der Waals surface area contributed by atoms with Crippen LogP contribution in [0.1, 0.15) is 41.5 Å². The van der Waals surface area contributed by atoms with Gasteiger partial charge in [0, 0.05) is 5.54 Å². The first-order chi connectivity index (χ1) is 7.90. The van der Waals surface area contributed by atoms with E-state index in [0.717, 1.165) is 4.90 Å². The molecular formula is C12H23NO5. The number of ether oxygens (including phenoxy) is 1. The molecule has 2 N–H and O–H groups in total. The summed E-state index contributed by atoms with van der Waals surface area (Å²) in [4.78, 5) is 24.2. The second kappa shape index (κ2) is 5.56. The highest BCUT2D eigenvalue weighted by molar-refractivity contribution is 5.80. The molecule has 0 saturated heterocycles. The standard InChI is InChI=1S/C12H23NO5/c1-11(2,3)13(8(7-14)9(15)16)10(17)18-12(4,5)6/h8,14H,7H2,1-6H3,(H,15,16)/t8-/m0/s1. The van der Waals surface area contributed by atoms with Crippen molar-refractivity contribution in [3.63, 3.8) is 0 Å². The minimum absolute atomic E-state index is 0.661. The number of aliphatic carboxylic acids is 1. The molecule has 0 aromatic heterocycles. The lowest BCUT2D eigenvalue weighted by atomic mass is 10.0. The molecule has 0 radical (unpaired) electrons. The summed E-state index contributed by atoms with van der Waals surface area (Å²) in [5, 5.41) is 18.2. The van der Waals surface area contributed by atoms with E-state index >= 15 is 0 Å². The normalized spacial score (nSPS) is 13.9. The van der Waals surface area contributed by atoms with Gasteiger partial charge < -0.3 is 14.9 Å². The average molecular weight is 261 g/mol. The van der Waals surface area contributed by atoms with Crippen LogP contribution in [0.25, 0.3) is 0 Å². The zero-order valence-electron chi connectivity index (χ0n) is 11.9. The van der Waals surface area contributed by atoms with Crippen molar-refractivity contribution in [2.75, 3.05) is 6.61 Å². The fourth-order valence-corrected chi connectivity index (χ4v) is 1.45. The number of carboxylic acids is 1. The fourth-order valence-electron chi connectivity index (χ4n) is 1.45. The SMILES string of the molecule is CC(C)(C)OC(=O)N([C@@H](CO)C(=O)O)C(C)(C)C. The van der Waals surface area contributed by atoms with Crippen LogP contribution in [0.15, 0.2) is 0 Å². The van der Waals surface area contributed by atoms with Gasteiger partial charge in [0.1, 0.15) is 5.60 Å². The highest BCUT2D eigenvalue weighted by Crippen LogP contribution is 2.21. The van der Waals surface area contributed by atoms with Crippen molar-refractivity contribution >= 4 is 12.1 Å². The van der Waals surface area contributed by atoms with Crippen LogP contribution in [-0.4, -0.2) is 51.0 Å². The number of carbonyl (C=O) groups is 2. The first kappa shape index (κ1) is 16.7. The fraction of sp³-hybridized carbons (Fsp3) is 0.833. The van der Waals surface area contributed by atoms with Gasteiger partial charge in [0.2, 0.25) is 0 Å². The maximum absolute atomic E-state index is 12.0.